The van der Waals surface area contributed by atoms with E-state index < -0.39 is 5.97 Å². The van der Waals surface area contributed by atoms with E-state index in [0.29, 0.717) is 23.7 Å². The summed E-state index contributed by atoms with van der Waals surface area (Å²) in [6.45, 7) is 0. The molecule has 3 aliphatic carbocycles. The van der Waals surface area contributed by atoms with Crippen LogP contribution in [0.5, 0.6) is 0 Å². The second kappa shape index (κ2) is 8.92. The van der Waals surface area contributed by atoms with E-state index in [2.05, 4.69) is 6.08 Å². The van der Waals surface area contributed by atoms with Crippen molar-refractivity contribution in [1.29, 1.82) is 0 Å². The van der Waals surface area contributed by atoms with Crippen molar-refractivity contribution in [1.82, 2.24) is 0 Å². The summed E-state index contributed by atoms with van der Waals surface area (Å²) in [7, 11) is 0. The summed E-state index contributed by atoms with van der Waals surface area (Å²) in [5, 5.41) is 29.5. The molecule has 0 aromatic heterocycles. The van der Waals surface area contributed by atoms with Crippen molar-refractivity contribution >= 4 is 17.7 Å². The van der Waals surface area contributed by atoms with Crippen molar-refractivity contribution in [2.75, 3.05) is 11.5 Å². The summed E-state index contributed by atoms with van der Waals surface area (Å²) in [5.41, 5.74) is 0. The Bertz CT molecular complexity index is 474. The van der Waals surface area contributed by atoms with Gasteiger partial charge in [0, 0.05) is 5.92 Å². The highest BCUT2D eigenvalue weighted by Gasteiger charge is 2.46. The molecule has 0 saturated heterocycles. The maximum absolute atomic E-state index is 10.6. The molecule has 0 aromatic rings. The van der Waals surface area contributed by atoms with Gasteiger partial charge >= 0.3 is 5.97 Å². The number of hydrogen-bond donors (Lipinski definition) is 3. The molecule has 3 N–H and O–H groups in total. The molecule has 25 heavy (non-hydrogen) atoms. The van der Waals surface area contributed by atoms with Crippen LogP contribution in [0.3, 0.4) is 0 Å². The zero-order chi connectivity index (χ0) is 17.8. The van der Waals surface area contributed by atoms with E-state index in [4.69, 9.17) is 5.11 Å². The minimum absolute atomic E-state index is 0.192. The molecule has 0 aromatic carbocycles. The normalized spacial score (nSPS) is 37.0. The first-order valence-electron chi connectivity index (χ1n) is 9.88. The standard InChI is InChI=1S/C20H32O4S/c21-18(14-3-1-2-4-14)6-5-16-17-10-13(7-8-25-12-20(23)24)9-15(17)11-19(16)22/h5-6,13-19,21-22H,1-4,7-12H2,(H,23,24)/t13?,15-,16-,17-,18?,19-/m1/s1. The van der Waals surface area contributed by atoms with Gasteiger partial charge in [0.15, 0.2) is 0 Å². The fraction of sp³-hybridized carbons (Fsp3) is 0.850. The van der Waals surface area contributed by atoms with Crippen molar-refractivity contribution < 1.29 is 20.1 Å². The van der Waals surface area contributed by atoms with Gasteiger partial charge < -0.3 is 15.3 Å². The molecule has 0 bridgehead atoms. The summed E-state index contributed by atoms with van der Waals surface area (Å²) in [4.78, 5) is 10.6. The predicted molar refractivity (Wildman–Crippen MR) is 101 cm³/mol. The first kappa shape index (κ1) is 19.2. The van der Waals surface area contributed by atoms with Gasteiger partial charge in [-0.2, -0.15) is 11.8 Å². The van der Waals surface area contributed by atoms with E-state index in [1.54, 1.807) is 0 Å². The summed E-state index contributed by atoms with van der Waals surface area (Å²) in [6.07, 6.45) is 12.5. The van der Waals surface area contributed by atoms with Crippen molar-refractivity contribution in [3.8, 4) is 0 Å². The highest BCUT2D eigenvalue weighted by molar-refractivity contribution is 7.99. The van der Waals surface area contributed by atoms with E-state index in [9.17, 15) is 15.0 Å². The third kappa shape index (κ3) is 5.01. The molecule has 0 amide bonds. The van der Waals surface area contributed by atoms with Crippen LogP contribution in [0.25, 0.3) is 0 Å². The zero-order valence-corrected chi connectivity index (χ0v) is 15.7. The summed E-state index contributed by atoms with van der Waals surface area (Å²) < 4.78 is 0. The number of carboxylic acid groups (broad SMARTS) is 1. The Morgan fingerprint density at radius 1 is 1.20 bits per heavy atom. The topological polar surface area (TPSA) is 77.8 Å². The lowest BCUT2D eigenvalue weighted by Gasteiger charge is -2.20. The number of thioether (sulfide) groups is 1. The van der Waals surface area contributed by atoms with Crippen LogP contribution < -0.4 is 0 Å². The number of carbonyl (C=O) groups is 1. The van der Waals surface area contributed by atoms with Crippen LogP contribution in [0.2, 0.25) is 0 Å². The minimum Gasteiger partial charge on any atom is -0.481 e. The van der Waals surface area contributed by atoms with Gasteiger partial charge in [-0.3, -0.25) is 4.79 Å². The molecule has 3 saturated carbocycles. The quantitative estimate of drug-likeness (QED) is 0.452. The molecule has 0 spiro atoms. The van der Waals surface area contributed by atoms with Gasteiger partial charge in [0.1, 0.15) is 0 Å². The van der Waals surface area contributed by atoms with Gasteiger partial charge in [-0.25, -0.2) is 0 Å². The number of aliphatic hydroxyl groups excluding tert-OH is 2. The number of rotatable bonds is 8. The Labute approximate surface area is 155 Å². The lowest BCUT2D eigenvalue weighted by Crippen LogP contribution is -2.20. The summed E-state index contributed by atoms with van der Waals surface area (Å²) in [6, 6.07) is 0. The molecule has 0 aliphatic heterocycles. The third-order valence-corrected chi connectivity index (χ3v) is 7.61. The fourth-order valence-corrected chi connectivity index (χ4v) is 6.20. The molecule has 2 unspecified atom stereocenters. The monoisotopic (exact) mass is 368 g/mol. The second-order valence-corrected chi connectivity index (χ2v) is 9.40. The maximum Gasteiger partial charge on any atom is 0.313 e. The van der Waals surface area contributed by atoms with Gasteiger partial charge in [0.05, 0.1) is 18.0 Å². The molecule has 6 atom stereocenters. The van der Waals surface area contributed by atoms with Crippen molar-refractivity contribution in [3.63, 3.8) is 0 Å². The highest BCUT2D eigenvalue weighted by atomic mass is 32.2. The summed E-state index contributed by atoms with van der Waals surface area (Å²) in [5.74, 6) is 2.79. The average Bonchev–Trinajstić information content (AvgIpc) is 3.26. The van der Waals surface area contributed by atoms with Gasteiger partial charge in [0.2, 0.25) is 0 Å². The zero-order valence-electron chi connectivity index (χ0n) is 14.9. The van der Waals surface area contributed by atoms with Gasteiger partial charge in [0.25, 0.3) is 0 Å². The highest BCUT2D eigenvalue weighted by Crippen LogP contribution is 2.51. The molecule has 142 valence electrons. The fourth-order valence-electron chi connectivity index (χ4n) is 5.39. The molecular formula is C20H32O4S. The molecule has 3 rings (SSSR count). The Kier molecular flexibility index (Phi) is 6.86. The van der Waals surface area contributed by atoms with Gasteiger partial charge in [-0.1, -0.05) is 25.0 Å². The van der Waals surface area contributed by atoms with E-state index >= 15 is 0 Å². The molecular weight excluding hydrogens is 336 g/mol. The van der Waals surface area contributed by atoms with E-state index in [1.165, 1.54) is 31.0 Å². The number of aliphatic hydroxyl groups is 2. The molecule has 0 heterocycles. The van der Waals surface area contributed by atoms with Crippen LogP contribution >= 0.6 is 11.8 Å². The van der Waals surface area contributed by atoms with Gasteiger partial charge in [-0.15, -0.1) is 0 Å². The van der Waals surface area contributed by atoms with E-state index in [0.717, 1.165) is 37.9 Å². The number of fused-ring (bicyclic) bond motifs is 1. The predicted octanol–water partition coefficient (Wildman–Crippen LogP) is 3.32. The Morgan fingerprint density at radius 2 is 1.96 bits per heavy atom. The van der Waals surface area contributed by atoms with Crippen LogP contribution in [0.1, 0.15) is 51.4 Å². The van der Waals surface area contributed by atoms with Crippen molar-refractivity contribution in [2.24, 2.45) is 29.6 Å². The molecule has 5 heteroatoms. The molecule has 3 fully saturated rings. The van der Waals surface area contributed by atoms with Gasteiger partial charge in [-0.05, 0) is 67.9 Å². The Hall–Kier alpha value is -0.520. The molecule has 0 radical (unpaired) electrons. The minimum atomic E-state index is -0.734. The SMILES string of the molecule is O=C(O)CSCCC1C[C@@H]2C[C@@H](O)[C@H](C=CC(O)C3CCCC3)[C@@H]2C1. The van der Waals surface area contributed by atoms with Crippen LogP contribution in [-0.2, 0) is 4.79 Å². The Balaban J connectivity index is 1.47. The average molecular weight is 369 g/mol. The second-order valence-electron chi connectivity index (χ2n) is 8.30. The number of hydrogen-bond acceptors (Lipinski definition) is 4. The molecule has 3 aliphatic rings. The lowest BCUT2D eigenvalue weighted by atomic mass is 9.88. The first-order chi connectivity index (χ1) is 12.0. The number of aliphatic carboxylic acids is 1. The largest absolute Gasteiger partial charge is 0.481 e. The van der Waals surface area contributed by atoms with E-state index in [-0.39, 0.29) is 23.9 Å². The smallest absolute Gasteiger partial charge is 0.313 e. The number of carboxylic acids is 1. The van der Waals surface area contributed by atoms with E-state index in [1.807, 2.05) is 6.08 Å². The van der Waals surface area contributed by atoms with Crippen LogP contribution in [-0.4, -0.2) is 45.0 Å². The summed E-state index contributed by atoms with van der Waals surface area (Å²) >= 11 is 1.51. The van der Waals surface area contributed by atoms with Crippen molar-refractivity contribution in [2.45, 2.75) is 63.6 Å². The van der Waals surface area contributed by atoms with Crippen LogP contribution in [0.4, 0.5) is 0 Å². The maximum atomic E-state index is 10.6. The van der Waals surface area contributed by atoms with Crippen molar-refractivity contribution in [3.05, 3.63) is 12.2 Å². The lowest BCUT2D eigenvalue weighted by molar-refractivity contribution is -0.133. The van der Waals surface area contributed by atoms with Crippen LogP contribution in [0.15, 0.2) is 12.2 Å². The molecule has 4 nitrogen and oxygen atoms in total. The Morgan fingerprint density at radius 3 is 2.68 bits per heavy atom. The first-order valence-corrected chi connectivity index (χ1v) is 11.0. The van der Waals surface area contributed by atoms with Crippen LogP contribution in [0, 0.1) is 29.6 Å². The third-order valence-electron chi connectivity index (χ3n) is 6.64.